The topological polar surface area (TPSA) is 127 Å². The quantitative estimate of drug-likeness (QED) is 0.424. The SMILES string of the molecule is Cc1cc(C2=NN(c3nnc(CC#N)s3)C(C)Cc3cc4c(cc32)OCO4)ccc1[N+](=O)[O-]. The van der Waals surface area contributed by atoms with Crippen LogP contribution >= 0.6 is 11.3 Å². The van der Waals surface area contributed by atoms with Crippen molar-refractivity contribution in [3.05, 3.63) is 67.7 Å². The van der Waals surface area contributed by atoms with E-state index in [0.717, 1.165) is 16.7 Å². The lowest BCUT2D eigenvalue weighted by molar-refractivity contribution is -0.385. The van der Waals surface area contributed by atoms with E-state index < -0.39 is 4.92 Å². The number of nitro benzene ring substituents is 1. The number of fused-ring (bicyclic) bond motifs is 2. The van der Waals surface area contributed by atoms with E-state index in [-0.39, 0.29) is 24.9 Å². The first-order valence-electron chi connectivity index (χ1n) is 10.2. The zero-order chi connectivity index (χ0) is 23.1. The molecule has 5 rings (SSSR count). The molecule has 2 aliphatic rings. The fraction of sp³-hybridized carbons (Fsp3) is 0.273. The summed E-state index contributed by atoms with van der Waals surface area (Å²) in [5, 5.41) is 36.6. The van der Waals surface area contributed by atoms with E-state index in [4.69, 9.17) is 19.8 Å². The maximum Gasteiger partial charge on any atom is 0.272 e. The molecule has 1 unspecified atom stereocenters. The molecular weight excluding hydrogens is 444 g/mol. The van der Waals surface area contributed by atoms with Gasteiger partial charge < -0.3 is 9.47 Å². The van der Waals surface area contributed by atoms with Crippen LogP contribution in [0.15, 0.2) is 35.4 Å². The third kappa shape index (κ3) is 3.74. The molecule has 10 nitrogen and oxygen atoms in total. The number of ether oxygens (including phenoxy) is 2. The second-order valence-corrected chi connectivity index (χ2v) is 8.82. The van der Waals surface area contributed by atoms with E-state index in [9.17, 15) is 10.1 Å². The van der Waals surface area contributed by atoms with Crippen LogP contribution in [-0.2, 0) is 12.8 Å². The van der Waals surface area contributed by atoms with Crippen LogP contribution in [0, 0.1) is 28.4 Å². The summed E-state index contributed by atoms with van der Waals surface area (Å²) in [6, 6.07) is 10.9. The van der Waals surface area contributed by atoms with E-state index in [2.05, 4.69) is 16.3 Å². The molecule has 0 bridgehead atoms. The van der Waals surface area contributed by atoms with Gasteiger partial charge in [0.25, 0.3) is 5.69 Å². The number of anilines is 1. The Bertz CT molecular complexity index is 1350. The van der Waals surface area contributed by atoms with Crippen LogP contribution in [0.25, 0.3) is 0 Å². The Labute approximate surface area is 192 Å². The number of aromatic nitrogens is 2. The highest BCUT2D eigenvalue weighted by molar-refractivity contribution is 7.15. The van der Waals surface area contributed by atoms with Crippen molar-refractivity contribution in [1.29, 1.82) is 5.26 Å². The summed E-state index contributed by atoms with van der Waals surface area (Å²) >= 11 is 1.32. The van der Waals surface area contributed by atoms with Gasteiger partial charge in [0, 0.05) is 22.8 Å². The van der Waals surface area contributed by atoms with Crippen LogP contribution in [0.1, 0.15) is 34.2 Å². The zero-order valence-electron chi connectivity index (χ0n) is 17.8. The number of hydrazone groups is 1. The predicted octanol–water partition coefficient (Wildman–Crippen LogP) is 3.75. The molecule has 0 saturated carbocycles. The highest BCUT2D eigenvalue weighted by atomic mass is 32.1. The van der Waals surface area contributed by atoms with E-state index >= 15 is 0 Å². The van der Waals surface area contributed by atoms with E-state index in [1.54, 1.807) is 24.1 Å². The fourth-order valence-electron chi connectivity index (χ4n) is 3.97. The van der Waals surface area contributed by atoms with Gasteiger partial charge in [-0.05, 0) is 50.1 Å². The van der Waals surface area contributed by atoms with E-state index in [1.165, 1.54) is 17.4 Å². The molecule has 1 atom stereocenters. The summed E-state index contributed by atoms with van der Waals surface area (Å²) in [4.78, 5) is 10.9. The smallest absolute Gasteiger partial charge is 0.272 e. The van der Waals surface area contributed by atoms with Crippen molar-refractivity contribution >= 4 is 27.9 Å². The van der Waals surface area contributed by atoms with Crippen molar-refractivity contribution in [3.8, 4) is 17.6 Å². The summed E-state index contributed by atoms with van der Waals surface area (Å²) in [5.41, 5.74) is 3.85. The largest absolute Gasteiger partial charge is 0.454 e. The lowest BCUT2D eigenvalue weighted by Crippen LogP contribution is -2.29. The van der Waals surface area contributed by atoms with E-state index in [0.29, 0.717) is 39.3 Å². The first kappa shape index (κ1) is 20.8. The highest BCUT2D eigenvalue weighted by Gasteiger charge is 2.29. The number of nitrogens with zero attached hydrogens (tertiary/aromatic N) is 6. The number of benzene rings is 2. The Morgan fingerprint density at radius 2 is 2.06 bits per heavy atom. The molecule has 166 valence electrons. The summed E-state index contributed by atoms with van der Waals surface area (Å²) < 4.78 is 11.2. The van der Waals surface area contributed by atoms with Crippen molar-refractivity contribution in [1.82, 2.24) is 10.2 Å². The molecular formula is C22H18N6O4S. The second kappa shape index (κ2) is 8.14. The van der Waals surface area contributed by atoms with Gasteiger partial charge in [-0.25, -0.2) is 5.01 Å². The molecule has 2 aromatic carbocycles. The van der Waals surface area contributed by atoms with Gasteiger partial charge in [-0.1, -0.05) is 11.3 Å². The predicted molar refractivity (Wildman–Crippen MR) is 121 cm³/mol. The zero-order valence-corrected chi connectivity index (χ0v) is 18.6. The van der Waals surface area contributed by atoms with Gasteiger partial charge in [0.1, 0.15) is 5.01 Å². The first-order chi connectivity index (χ1) is 15.9. The van der Waals surface area contributed by atoms with Gasteiger partial charge in [-0.15, -0.1) is 10.2 Å². The Balaban J connectivity index is 1.68. The lowest BCUT2D eigenvalue weighted by Gasteiger charge is -2.21. The van der Waals surface area contributed by atoms with Gasteiger partial charge in [0.2, 0.25) is 11.9 Å². The number of rotatable bonds is 4. The molecule has 0 radical (unpaired) electrons. The van der Waals surface area contributed by atoms with Crippen molar-refractivity contribution in [3.63, 3.8) is 0 Å². The van der Waals surface area contributed by atoms with Crippen molar-refractivity contribution < 1.29 is 14.4 Å². The van der Waals surface area contributed by atoms with Gasteiger partial charge >= 0.3 is 0 Å². The standard InChI is InChI=1S/C22H18N6O4S/c1-12-7-14(3-4-17(12)28(29)30)21-16-10-19-18(31-11-32-19)9-15(16)8-13(2)27(26-21)22-25-24-20(33-22)5-6-23/h3-4,7,9-10,13H,5,8,11H2,1-2H3. The monoisotopic (exact) mass is 462 g/mol. The van der Waals surface area contributed by atoms with Crippen LogP contribution in [0.5, 0.6) is 11.5 Å². The molecule has 0 aliphatic carbocycles. The summed E-state index contributed by atoms with van der Waals surface area (Å²) in [5.74, 6) is 1.31. The van der Waals surface area contributed by atoms with Crippen LogP contribution < -0.4 is 14.5 Å². The second-order valence-electron chi connectivity index (χ2n) is 7.78. The molecule has 3 heterocycles. The normalized spacial score (nSPS) is 16.6. The van der Waals surface area contributed by atoms with Crippen LogP contribution in [-0.4, -0.2) is 33.7 Å². The third-order valence-corrected chi connectivity index (χ3v) is 6.46. The molecule has 3 aromatic rings. The van der Waals surface area contributed by atoms with Gasteiger partial charge in [-0.2, -0.15) is 10.4 Å². The van der Waals surface area contributed by atoms with Gasteiger partial charge in [0.05, 0.1) is 29.2 Å². The van der Waals surface area contributed by atoms with Crippen LogP contribution in [0.3, 0.4) is 0 Å². The molecule has 0 spiro atoms. The number of nitriles is 1. The number of hydrogen-bond donors (Lipinski definition) is 0. The van der Waals surface area contributed by atoms with Crippen LogP contribution in [0.2, 0.25) is 0 Å². The molecule has 0 amide bonds. The summed E-state index contributed by atoms with van der Waals surface area (Å²) in [6.45, 7) is 3.90. The van der Waals surface area contributed by atoms with E-state index in [1.807, 2.05) is 19.1 Å². The maximum atomic E-state index is 11.3. The highest BCUT2D eigenvalue weighted by Crippen LogP contribution is 2.39. The number of hydrogen-bond acceptors (Lipinski definition) is 10. The maximum absolute atomic E-state index is 11.3. The molecule has 2 aliphatic heterocycles. The van der Waals surface area contributed by atoms with Gasteiger partial charge in [0.15, 0.2) is 11.5 Å². The molecule has 33 heavy (non-hydrogen) atoms. The molecule has 1 aromatic heterocycles. The van der Waals surface area contributed by atoms with Crippen molar-refractivity contribution in [2.75, 3.05) is 11.8 Å². The minimum Gasteiger partial charge on any atom is -0.454 e. The number of aryl methyl sites for hydroxylation is 1. The number of nitro groups is 1. The molecule has 0 fully saturated rings. The Morgan fingerprint density at radius 1 is 1.27 bits per heavy atom. The molecule has 0 N–H and O–H groups in total. The lowest BCUT2D eigenvalue weighted by atomic mass is 9.93. The summed E-state index contributed by atoms with van der Waals surface area (Å²) in [7, 11) is 0. The first-order valence-corrected chi connectivity index (χ1v) is 11.0. The Kier molecular flexibility index (Phi) is 5.14. The minimum atomic E-state index is -0.396. The average molecular weight is 462 g/mol. The van der Waals surface area contributed by atoms with Gasteiger partial charge in [-0.3, -0.25) is 10.1 Å². The van der Waals surface area contributed by atoms with Crippen molar-refractivity contribution in [2.45, 2.75) is 32.7 Å². The fourth-order valence-corrected chi connectivity index (χ4v) is 4.79. The molecule has 11 heteroatoms. The average Bonchev–Trinajstić information content (AvgIpc) is 3.40. The third-order valence-electron chi connectivity index (χ3n) is 5.54. The Morgan fingerprint density at radius 3 is 2.79 bits per heavy atom. The Hall–Kier alpha value is -4.04. The van der Waals surface area contributed by atoms with Crippen molar-refractivity contribution in [2.24, 2.45) is 5.10 Å². The summed E-state index contributed by atoms with van der Waals surface area (Å²) in [6.07, 6.45) is 0.831. The van der Waals surface area contributed by atoms with Crippen LogP contribution in [0.4, 0.5) is 10.8 Å². The minimum absolute atomic E-state index is 0.0503. The molecule has 0 saturated heterocycles.